The molecule has 2 N–H and O–H groups in total. The summed E-state index contributed by atoms with van der Waals surface area (Å²) in [7, 11) is 0. The average molecular weight is 322 g/mol. The molecule has 0 unspecified atom stereocenters. The number of nitrogens with zero attached hydrogens (tertiary/aromatic N) is 3. The molecule has 6 nitrogen and oxygen atoms in total. The Bertz CT molecular complexity index is 911. The maximum absolute atomic E-state index is 12.4. The molecule has 0 aromatic carbocycles. The minimum absolute atomic E-state index is 0.0124. The predicted molar refractivity (Wildman–Crippen MR) is 91.2 cm³/mol. The Hall–Kier alpha value is -2.89. The summed E-state index contributed by atoms with van der Waals surface area (Å²) in [4.78, 5) is 20.8. The summed E-state index contributed by atoms with van der Waals surface area (Å²) in [5, 5.41) is 0. The summed E-state index contributed by atoms with van der Waals surface area (Å²) >= 11 is 0. The van der Waals surface area contributed by atoms with E-state index < -0.39 is 0 Å². The lowest BCUT2D eigenvalue weighted by atomic mass is 9.85. The van der Waals surface area contributed by atoms with Crippen LogP contribution in [-0.2, 0) is 6.54 Å². The number of furan rings is 1. The van der Waals surface area contributed by atoms with Crippen molar-refractivity contribution in [2.24, 2.45) is 5.92 Å². The zero-order valence-corrected chi connectivity index (χ0v) is 13.2. The van der Waals surface area contributed by atoms with E-state index in [-0.39, 0.29) is 11.5 Å². The van der Waals surface area contributed by atoms with Crippen LogP contribution in [0, 0.1) is 5.92 Å². The maximum Gasteiger partial charge on any atom is 0.251 e. The Balaban J connectivity index is 1.73. The van der Waals surface area contributed by atoms with E-state index in [2.05, 4.69) is 9.97 Å². The minimum atomic E-state index is -0.0124. The Morgan fingerprint density at radius 1 is 1.33 bits per heavy atom. The molecule has 6 heteroatoms. The zero-order valence-electron chi connectivity index (χ0n) is 13.2. The van der Waals surface area contributed by atoms with Gasteiger partial charge in [0.2, 0.25) is 5.95 Å². The Morgan fingerprint density at radius 2 is 2.21 bits per heavy atom. The lowest BCUT2D eigenvalue weighted by molar-refractivity contribution is 0.274. The molecule has 4 rings (SSSR count). The fourth-order valence-electron chi connectivity index (χ4n) is 2.99. The lowest BCUT2D eigenvalue weighted by Gasteiger charge is -2.25. The van der Waals surface area contributed by atoms with Gasteiger partial charge in [0, 0.05) is 30.6 Å². The summed E-state index contributed by atoms with van der Waals surface area (Å²) in [6.07, 6.45) is 8.75. The van der Waals surface area contributed by atoms with E-state index in [1.807, 2.05) is 18.3 Å². The molecule has 1 fully saturated rings. The van der Waals surface area contributed by atoms with Crippen molar-refractivity contribution in [1.29, 1.82) is 0 Å². The van der Waals surface area contributed by atoms with Crippen molar-refractivity contribution in [3.8, 4) is 22.6 Å². The molecule has 0 amide bonds. The van der Waals surface area contributed by atoms with Crippen LogP contribution in [0.1, 0.15) is 19.3 Å². The molecule has 0 spiro atoms. The highest BCUT2D eigenvalue weighted by molar-refractivity contribution is 5.78. The third-order valence-corrected chi connectivity index (χ3v) is 4.55. The van der Waals surface area contributed by atoms with Gasteiger partial charge in [-0.2, -0.15) is 0 Å². The van der Waals surface area contributed by atoms with Crippen molar-refractivity contribution in [3.63, 3.8) is 0 Å². The largest absolute Gasteiger partial charge is 0.463 e. The number of nitrogen functional groups attached to an aromatic ring is 1. The van der Waals surface area contributed by atoms with Crippen LogP contribution >= 0.6 is 0 Å². The van der Waals surface area contributed by atoms with Gasteiger partial charge in [0.05, 0.1) is 6.26 Å². The molecule has 1 aliphatic rings. The van der Waals surface area contributed by atoms with E-state index in [1.54, 1.807) is 29.2 Å². The second-order valence-corrected chi connectivity index (χ2v) is 6.17. The molecule has 0 bridgehead atoms. The van der Waals surface area contributed by atoms with Crippen molar-refractivity contribution in [1.82, 2.24) is 14.5 Å². The number of aromatic nitrogens is 3. The number of hydrogen-bond donors (Lipinski definition) is 1. The highest BCUT2D eigenvalue weighted by atomic mass is 16.3. The zero-order chi connectivity index (χ0) is 16.5. The van der Waals surface area contributed by atoms with E-state index in [4.69, 9.17) is 10.2 Å². The Labute approximate surface area is 139 Å². The molecule has 3 aromatic heterocycles. The molecule has 1 saturated carbocycles. The number of rotatable bonds is 4. The van der Waals surface area contributed by atoms with E-state index >= 15 is 0 Å². The smallest absolute Gasteiger partial charge is 0.251 e. The molecule has 122 valence electrons. The van der Waals surface area contributed by atoms with Gasteiger partial charge in [-0.25, -0.2) is 9.97 Å². The summed E-state index contributed by atoms with van der Waals surface area (Å²) in [5.74, 6) is 1.40. The van der Waals surface area contributed by atoms with E-state index in [0.29, 0.717) is 17.4 Å². The molecule has 0 radical (unpaired) electrons. The molecular formula is C18H18N4O2. The summed E-state index contributed by atoms with van der Waals surface area (Å²) in [6, 6.07) is 7.14. The monoisotopic (exact) mass is 322 g/mol. The summed E-state index contributed by atoms with van der Waals surface area (Å²) < 4.78 is 7.21. The van der Waals surface area contributed by atoms with Gasteiger partial charge in [0.25, 0.3) is 5.56 Å². The van der Waals surface area contributed by atoms with Crippen molar-refractivity contribution in [2.75, 3.05) is 5.73 Å². The Kier molecular flexibility index (Phi) is 3.65. The van der Waals surface area contributed by atoms with Crippen molar-refractivity contribution in [3.05, 3.63) is 53.3 Å². The standard InChI is InChI=1S/C18H18N4O2/c19-18-20-10-14(17(21-18)15-5-2-8-24-15)13-6-7-22(16(23)9-13)11-12-3-1-4-12/h2,5-10,12H,1,3-4,11H2,(H2,19,20,21). The highest BCUT2D eigenvalue weighted by Crippen LogP contribution is 2.30. The normalized spacial score (nSPS) is 14.5. The molecular weight excluding hydrogens is 304 g/mol. The van der Waals surface area contributed by atoms with E-state index in [1.165, 1.54) is 19.3 Å². The third-order valence-electron chi connectivity index (χ3n) is 4.55. The molecule has 0 aliphatic heterocycles. The van der Waals surface area contributed by atoms with Crippen LogP contribution in [0.25, 0.3) is 22.6 Å². The van der Waals surface area contributed by atoms with Gasteiger partial charge < -0.3 is 14.7 Å². The van der Waals surface area contributed by atoms with Crippen LogP contribution in [0.5, 0.6) is 0 Å². The predicted octanol–water partition coefficient (Wildman–Crippen LogP) is 2.95. The van der Waals surface area contributed by atoms with Crippen molar-refractivity contribution < 1.29 is 4.42 Å². The molecule has 3 heterocycles. The molecule has 1 aliphatic carbocycles. The van der Waals surface area contributed by atoms with Gasteiger partial charge in [-0.3, -0.25) is 4.79 Å². The van der Waals surface area contributed by atoms with Gasteiger partial charge in [0.1, 0.15) is 5.69 Å². The van der Waals surface area contributed by atoms with Gasteiger partial charge in [0.15, 0.2) is 5.76 Å². The first-order valence-corrected chi connectivity index (χ1v) is 8.08. The maximum atomic E-state index is 12.4. The van der Waals surface area contributed by atoms with E-state index in [0.717, 1.165) is 17.7 Å². The van der Waals surface area contributed by atoms with Crippen molar-refractivity contribution >= 4 is 5.95 Å². The number of nitrogens with two attached hydrogens (primary N) is 1. The fraction of sp³-hybridized carbons (Fsp3) is 0.278. The van der Waals surface area contributed by atoms with Crippen LogP contribution in [0.4, 0.5) is 5.95 Å². The van der Waals surface area contributed by atoms with Gasteiger partial charge in [-0.1, -0.05) is 6.42 Å². The molecule has 3 aromatic rings. The average Bonchev–Trinajstić information content (AvgIpc) is 3.06. The molecule has 0 saturated heterocycles. The first-order valence-electron chi connectivity index (χ1n) is 8.08. The Morgan fingerprint density at radius 3 is 2.88 bits per heavy atom. The summed E-state index contributed by atoms with van der Waals surface area (Å²) in [5.41, 5.74) is 7.78. The van der Waals surface area contributed by atoms with Gasteiger partial charge >= 0.3 is 0 Å². The first-order chi connectivity index (χ1) is 11.7. The van der Waals surface area contributed by atoms with Gasteiger partial charge in [-0.15, -0.1) is 0 Å². The second kappa shape index (κ2) is 5.96. The van der Waals surface area contributed by atoms with E-state index in [9.17, 15) is 4.79 Å². The van der Waals surface area contributed by atoms with Crippen molar-refractivity contribution in [2.45, 2.75) is 25.8 Å². The lowest BCUT2D eigenvalue weighted by Crippen LogP contribution is -2.26. The molecule has 0 atom stereocenters. The number of anilines is 1. The minimum Gasteiger partial charge on any atom is -0.463 e. The second-order valence-electron chi connectivity index (χ2n) is 6.17. The third kappa shape index (κ3) is 2.71. The number of pyridine rings is 1. The fourth-order valence-corrected chi connectivity index (χ4v) is 2.99. The van der Waals surface area contributed by atoms with Crippen LogP contribution in [0.3, 0.4) is 0 Å². The highest BCUT2D eigenvalue weighted by Gasteiger charge is 2.19. The number of hydrogen-bond acceptors (Lipinski definition) is 5. The molecule has 24 heavy (non-hydrogen) atoms. The SMILES string of the molecule is Nc1ncc(-c2ccn(CC3CCC3)c(=O)c2)c(-c2ccco2)n1. The van der Waals surface area contributed by atoms with Crippen LogP contribution in [0.15, 0.2) is 52.1 Å². The summed E-state index contributed by atoms with van der Waals surface area (Å²) in [6.45, 7) is 0.794. The van der Waals surface area contributed by atoms with Crippen LogP contribution in [-0.4, -0.2) is 14.5 Å². The quantitative estimate of drug-likeness (QED) is 0.798. The van der Waals surface area contributed by atoms with Crippen LogP contribution in [0.2, 0.25) is 0 Å². The first kappa shape index (κ1) is 14.7. The van der Waals surface area contributed by atoms with Gasteiger partial charge in [-0.05, 0) is 42.5 Å². The topological polar surface area (TPSA) is 86.9 Å². The van der Waals surface area contributed by atoms with Crippen LogP contribution < -0.4 is 11.3 Å².